The second-order valence-electron chi connectivity index (χ2n) is 4.96. The van der Waals surface area contributed by atoms with Crippen LogP contribution in [0.4, 0.5) is 5.82 Å². The average Bonchev–Trinajstić information content (AvgIpc) is 2.97. The molecule has 0 radical (unpaired) electrons. The van der Waals surface area contributed by atoms with Crippen LogP contribution in [-0.2, 0) is 4.79 Å². The molecule has 1 aromatic rings. The van der Waals surface area contributed by atoms with E-state index in [1.54, 1.807) is 12.1 Å². The zero-order valence-corrected chi connectivity index (χ0v) is 9.39. The highest BCUT2D eigenvalue weighted by atomic mass is 16.1. The van der Waals surface area contributed by atoms with Crippen molar-refractivity contribution in [1.29, 1.82) is 5.26 Å². The first kappa shape index (κ1) is 10.3. The van der Waals surface area contributed by atoms with Gasteiger partial charge in [-0.1, -0.05) is 0 Å². The molecule has 2 fully saturated rings. The zero-order valence-electron chi connectivity index (χ0n) is 9.39. The summed E-state index contributed by atoms with van der Waals surface area (Å²) < 4.78 is 0. The van der Waals surface area contributed by atoms with Crippen molar-refractivity contribution in [2.45, 2.75) is 19.3 Å². The van der Waals surface area contributed by atoms with Crippen molar-refractivity contribution >= 4 is 11.7 Å². The number of rotatable bonds is 2. The third-order valence-electron chi connectivity index (χ3n) is 3.76. The normalized spacial score (nSPS) is 29.2. The van der Waals surface area contributed by atoms with Gasteiger partial charge in [-0.25, -0.2) is 4.98 Å². The first-order valence-electron chi connectivity index (χ1n) is 5.93. The maximum atomic E-state index is 11.9. The number of nitrogens with one attached hydrogen (secondary N) is 1. The highest BCUT2D eigenvalue weighted by molar-refractivity contribution is 5.92. The lowest BCUT2D eigenvalue weighted by atomic mass is 10.0. The van der Waals surface area contributed by atoms with Crippen molar-refractivity contribution in [1.82, 2.24) is 4.98 Å². The van der Waals surface area contributed by atoms with E-state index >= 15 is 0 Å². The van der Waals surface area contributed by atoms with Crippen molar-refractivity contribution in [3.8, 4) is 6.07 Å². The molecule has 2 saturated carbocycles. The summed E-state index contributed by atoms with van der Waals surface area (Å²) in [5.41, 5.74) is 0.505. The topological polar surface area (TPSA) is 65.8 Å². The molecule has 1 amide bonds. The summed E-state index contributed by atoms with van der Waals surface area (Å²) in [6, 6.07) is 5.33. The van der Waals surface area contributed by atoms with Crippen molar-refractivity contribution in [2.75, 3.05) is 5.32 Å². The Labute approximate surface area is 99.7 Å². The molecule has 3 rings (SSSR count). The van der Waals surface area contributed by atoms with E-state index in [0.29, 0.717) is 11.4 Å². The van der Waals surface area contributed by atoms with Crippen molar-refractivity contribution in [3.63, 3.8) is 0 Å². The molecular weight excluding hydrogens is 214 g/mol. The second-order valence-corrected chi connectivity index (χ2v) is 4.96. The highest BCUT2D eigenvalue weighted by Gasteiger charge is 2.47. The molecule has 2 aliphatic carbocycles. The number of hydrogen-bond donors (Lipinski definition) is 1. The first-order valence-corrected chi connectivity index (χ1v) is 5.93. The molecule has 0 bridgehead atoms. The minimum atomic E-state index is 0.0782. The SMILES string of the molecule is N#Cc1ccc(NC(=O)C2CC3CC3C2)nc1. The number of carbonyl (C=O) groups is 1. The number of pyridine rings is 1. The molecule has 1 N–H and O–H groups in total. The maximum Gasteiger partial charge on any atom is 0.228 e. The molecule has 0 spiro atoms. The fourth-order valence-corrected chi connectivity index (χ4v) is 2.69. The van der Waals surface area contributed by atoms with Gasteiger partial charge in [-0.2, -0.15) is 5.26 Å². The molecule has 86 valence electrons. The number of amides is 1. The van der Waals surface area contributed by atoms with Gasteiger partial charge in [0.05, 0.1) is 5.56 Å². The van der Waals surface area contributed by atoms with E-state index in [9.17, 15) is 4.79 Å². The van der Waals surface area contributed by atoms with E-state index < -0.39 is 0 Å². The van der Waals surface area contributed by atoms with Gasteiger partial charge in [0.25, 0.3) is 0 Å². The van der Waals surface area contributed by atoms with E-state index in [2.05, 4.69) is 10.3 Å². The van der Waals surface area contributed by atoms with E-state index in [1.807, 2.05) is 6.07 Å². The number of anilines is 1. The summed E-state index contributed by atoms with van der Waals surface area (Å²) in [5, 5.41) is 11.5. The van der Waals surface area contributed by atoms with Crippen LogP contribution in [0.2, 0.25) is 0 Å². The average molecular weight is 227 g/mol. The molecule has 4 heteroatoms. The Bertz CT molecular complexity index is 478. The van der Waals surface area contributed by atoms with Crippen LogP contribution >= 0.6 is 0 Å². The lowest BCUT2D eigenvalue weighted by molar-refractivity contribution is -0.120. The predicted octanol–water partition coefficient (Wildman–Crippen LogP) is 1.94. The fourth-order valence-electron chi connectivity index (χ4n) is 2.69. The van der Waals surface area contributed by atoms with Gasteiger partial charge in [-0.3, -0.25) is 4.79 Å². The quantitative estimate of drug-likeness (QED) is 0.839. The minimum absolute atomic E-state index is 0.0782. The van der Waals surface area contributed by atoms with E-state index in [-0.39, 0.29) is 11.8 Å². The molecule has 2 aliphatic rings. The highest BCUT2D eigenvalue weighted by Crippen LogP contribution is 2.54. The molecule has 0 saturated heterocycles. The van der Waals surface area contributed by atoms with Crippen molar-refractivity contribution in [2.24, 2.45) is 17.8 Å². The molecule has 1 heterocycles. The van der Waals surface area contributed by atoms with Gasteiger partial charge in [0.15, 0.2) is 0 Å². The summed E-state index contributed by atoms with van der Waals surface area (Å²) >= 11 is 0. The number of carbonyl (C=O) groups excluding carboxylic acids is 1. The molecule has 2 atom stereocenters. The maximum absolute atomic E-state index is 11.9. The first-order chi connectivity index (χ1) is 8.26. The Morgan fingerprint density at radius 1 is 1.35 bits per heavy atom. The molecule has 17 heavy (non-hydrogen) atoms. The van der Waals surface area contributed by atoms with Crippen LogP contribution in [0.25, 0.3) is 0 Å². The number of hydrogen-bond acceptors (Lipinski definition) is 3. The van der Waals surface area contributed by atoms with Crippen molar-refractivity contribution in [3.05, 3.63) is 23.9 Å². The third-order valence-corrected chi connectivity index (χ3v) is 3.76. The van der Waals surface area contributed by atoms with Gasteiger partial charge in [-0.15, -0.1) is 0 Å². The van der Waals surface area contributed by atoms with Gasteiger partial charge in [0.2, 0.25) is 5.91 Å². The van der Waals surface area contributed by atoms with Crippen LogP contribution in [0.15, 0.2) is 18.3 Å². The molecule has 0 aromatic carbocycles. The molecular formula is C13H13N3O. The van der Waals surface area contributed by atoms with Gasteiger partial charge in [-0.05, 0) is 43.2 Å². The van der Waals surface area contributed by atoms with Gasteiger partial charge in [0.1, 0.15) is 11.9 Å². The summed E-state index contributed by atoms with van der Waals surface area (Å²) in [4.78, 5) is 16.0. The van der Waals surface area contributed by atoms with E-state index in [1.165, 1.54) is 12.6 Å². The number of nitriles is 1. The number of fused-ring (bicyclic) bond motifs is 1. The van der Waals surface area contributed by atoms with E-state index in [4.69, 9.17) is 5.26 Å². The summed E-state index contributed by atoms with van der Waals surface area (Å²) in [6.07, 6.45) is 4.86. The predicted molar refractivity (Wildman–Crippen MR) is 61.9 cm³/mol. The number of nitrogens with zero attached hydrogens (tertiary/aromatic N) is 2. The Kier molecular flexibility index (Phi) is 2.32. The van der Waals surface area contributed by atoms with Crippen LogP contribution < -0.4 is 5.32 Å². The van der Waals surface area contributed by atoms with Crippen molar-refractivity contribution < 1.29 is 4.79 Å². The number of aromatic nitrogens is 1. The Hall–Kier alpha value is -1.89. The third kappa shape index (κ3) is 2.01. The van der Waals surface area contributed by atoms with Crippen LogP contribution in [0.1, 0.15) is 24.8 Å². The lowest BCUT2D eigenvalue weighted by Gasteiger charge is -2.11. The summed E-state index contributed by atoms with van der Waals surface area (Å²) in [7, 11) is 0. The Morgan fingerprint density at radius 2 is 2.12 bits per heavy atom. The Balaban J connectivity index is 1.62. The van der Waals surface area contributed by atoms with Crippen LogP contribution in [0, 0.1) is 29.1 Å². The van der Waals surface area contributed by atoms with Crippen LogP contribution in [0.3, 0.4) is 0 Å². The Morgan fingerprint density at radius 3 is 2.71 bits per heavy atom. The molecule has 2 unspecified atom stereocenters. The zero-order chi connectivity index (χ0) is 11.8. The molecule has 0 aliphatic heterocycles. The molecule has 4 nitrogen and oxygen atoms in total. The lowest BCUT2D eigenvalue weighted by Crippen LogP contribution is -2.22. The van der Waals surface area contributed by atoms with Crippen LogP contribution in [-0.4, -0.2) is 10.9 Å². The monoisotopic (exact) mass is 227 g/mol. The second kappa shape index (κ2) is 3.85. The van der Waals surface area contributed by atoms with Gasteiger partial charge < -0.3 is 5.32 Å². The molecule has 1 aromatic heterocycles. The van der Waals surface area contributed by atoms with Crippen LogP contribution in [0.5, 0.6) is 0 Å². The van der Waals surface area contributed by atoms with E-state index in [0.717, 1.165) is 24.7 Å². The standard InChI is InChI=1S/C13H13N3O/c14-6-8-1-2-12(15-7-8)16-13(17)11-4-9-3-10(9)5-11/h1-2,7,9-11H,3-5H2,(H,15,16,17). The fraction of sp³-hybridized carbons (Fsp3) is 0.462. The van der Waals surface area contributed by atoms with Gasteiger partial charge in [0, 0.05) is 12.1 Å². The largest absolute Gasteiger partial charge is 0.310 e. The summed E-state index contributed by atoms with van der Waals surface area (Å²) in [5.74, 6) is 2.39. The minimum Gasteiger partial charge on any atom is -0.310 e. The van der Waals surface area contributed by atoms with Gasteiger partial charge >= 0.3 is 0 Å². The smallest absolute Gasteiger partial charge is 0.228 e. The summed E-state index contributed by atoms with van der Waals surface area (Å²) in [6.45, 7) is 0.